The lowest BCUT2D eigenvalue weighted by Crippen LogP contribution is -2.40. The molecule has 4 nitrogen and oxygen atoms in total. The number of ether oxygens (including phenoxy) is 1. The van der Waals surface area contributed by atoms with Crippen molar-refractivity contribution in [2.24, 2.45) is 0 Å². The highest BCUT2D eigenvalue weighted by Gasteiger charge is 2.25. The minimum atomic E-state index is -0.486. The molecule has 2 rings (SSSR count). The van der Waals surface area contributed by atoms with Gasteiger partial charge in [0, 0.05) is 25.7 Å². The molecule has 1 aromatic carbocycles. The summed E-state index contributed by atoms with van der Waals surface area (Å²) < 4.78 is 19.1. The number of carbonyl (C=O) groups excluding carboxylic acids is 1. The van der Waals surface area contributed by atoms with E-state index in [2.05, 4.69) is 5.32 Å². The van der Waals surface area contributed by atoms with Crippen molar-refractivity contribution in [1.82, 2.24) is 10.2 Å². The normalized spacial score (nSPS) is 17.0. The third-order valence-corrected chi connectivity index (χ3v) is 4.02. The quantitative estimate of drug-likeness (QED) is 0.899. The smallest absolute Gasteiger partial charge is 0.410 e. The maximum absolute atomic E-state index is 13.7. The zero-order chi connectivity index (χ0) is 17.0. The number of carbonyl (C=O) groups is 1. The molecule has 0 aliphatic heterocycles. The number of amides is 1. The highest BCUT2D eigenvalue weighted by atomic mass is 19.1. The Hall–Kier alpha value is -1.62. The number of halogens is 1. The Morgan fingerprint density at radius 1 is 1.43 bits per heavy atom. The van der Waals surface area contributed by atoms with Crippen molar-refractivity contribution < 1.29 is 13.9 Å². The van der Waals surface area contributed by atoms with Gasteiger partial charge in [-0.15, -0.1) is 0 Å². The fourth-order valence-electron chi connectivity index (χ4n) is 2.90. The van der Waals surface area contributed by atoms with Crippen molar-refractivity contribution >= 4 is 6.09 Å². The molecule has 23 heavy (non-hydrogen) atoms. The van der Waals surface area contributed by atoms with E-state index in [4.69, 9.17) is 4.74 Å². The largest absolute Gasteiger partial charge is 0.444 e. The summed E-state index contributed by atoms with van der Waals surface area (Å²) in [6, 6.07) is 5.42. The molecule has 1 amide bonds. The Morgan fingerprint density at radius 3 is 2.83 bits per heavy atom. The average Bonchev–Trinajstić information content (AvgIpc) is 2.86. The molecule has 1 atom stereocenters. The van der Waals surface area contributed by atoms with Gasteiger partial charge in [-0.1, -0.05) is 12.1 Å². The third-order valence-electron chi connectivity index (χ3n) is 4.02. The van der Waals surface area contributed by atoms with Crippen LogP contribution >= 0.6 is 0 Å². The molecular weight excluding hydrogens is 295 g/mol. The summed E-state index contributed by atoms with van der Waals surface area (Å²) in [5.41, 5.74) is 1.38. The number of nitrogens with zero attached hydrogens (tertiary/aromatic N) is 1. The fourth-order valence-corrected chi connectivity index (χ4v) is 2.90. The molecule has 0 spiro atoms. The van der Waals surface area contributed by atoms with Gasteiger partial charge in [-0.3, -0.25) is 0 Å². The molecule has 0 saturated heterocycles. The second-order valence-electron chi connectivity index (χ2n) is 6.91. The summed E-state index contributed by atoms with van der Waals surface area (Å²) in [4.78, 5) is 13.8. The standard InChI is InChI=1S/C18H27FN2O2/c1-5-21(17(22)23-18(2,3)4)12-11-20-16-10-9-13-14(16)7-6-8-15(13)19/h6-8,16,20H,5,9-12H2,1-4H3. The van der Waals surface area contributed by atoms with Crippen LogP contribution in [0.2, 0.25) is 0 Å². The van der Waals surface area contributed by atoms with Gasteiger partial charge in [0.25, 0.3) is 0 Å². The minimum Gasteiger partial charge on any atom is -0.444 e. The SMILES string of the molecule is CCN(CCNC1CCc2c(F)cccc21)C(=O)OC(C)(C)C. The Morgan fingerprint density at radius 2 is 2.17 bits per heavy atom. The maximum atomic E-state index is 13.7. The Kier molecular flexibility index (Phi) is 5.63. The maximum Gasteiger partial charge on any atom is 0.410 e. The fraction of sp³-hybridized carbons (Fsp3) is 0.611. The van der Waals surface area contributed by atoms with E-state index in [1.165, 1.54) is 6.07 Å². The number of fused-ring (bicyclic) bond motifs is 1. The van der Waals surface area contributed by atoms with Gasteiger partial charge in [0.15, 0.2) is 0 Å². The van der Waals surface area contributed by atoms with E-state index in [0.717, 1.165) is 24.0 Å². The topological polar surface area (TPSA) is 41.6 Å². The first-order valence-corrected chi connectivity index (χ1v) is 8.30. The van der Waals surface area contributed by atoms with Gasteiger partial charge in [0.2, 0.25) is 0 Å². The van der Waals surface area contributed by atoms with Crippen LogP contribution in [0.15, 0.2) is 18.2 Å². The second kappa shape index (κ2) is 7.30. The van der Waals surface area contributed by atoms with E-state index in [1.807, 2.05) is 33.8 Å². The van der Waals surface area contributed by atoms with Gasteiger partial charge in [-0.05, 0) is 57.7 Å². The molecule has 128 valence electrons. The molecular formula is C18H27FN2O2. The van der Waals surface area contributed by atoms with Gasteiger partial charge >= 0.3 is 6.09 Å². The van der Waals surface area contributed by atoms with Crippen LogP contribution in [0.4, 0.5) is 9.18 Å². The van der Waals surface area contributed by atoms with Crippen LogP contribution in [-0.2, 0) is 11.2 Å². The number of hydrogen-bond donors (Lipinski definition) is 1. The van der Waals surface area contributed by atoms with Crippen LogP contribution in [0.3, 0.4) is 0 Å². The summed E-state index contributed by atoms with van der Waals surface area (Å²) in [7, 11) is 0. The van der Waals surface area contributed by atoms with Crippen LogP contribution in [0.25, 0.3) is 0 Å². The van der Waals surface area contributed by atoms with Crippen molar-refractivity contribution in [3.05, 3.63) is 35.1 Å². The van der Waals surface area contributed by atoms with Gasteiger partial charge in [-0.2, -0.15) is 0 Å². The lowest BCUT2D eigenvalue weighted by Gasteiger charge is -2.27. The molecule has 1 aromatic rings. The highest BCUT2D eigenvalue weighted by Crippen LogP contribution is 2.32. The molecule has 0 saturated carbocycles. The molecule has 0 aromatic heterocycles. The van der Waals surface area contributed by atoms with Crippen molar-refractivity contribution in [1.29, 1.82) is 0 Å². The number of hydrogen-bond acceptors (Lipinski definition) is 3. The molecule has 0 fully saturated rings. The zero-order valence-electron chi connectivity index (χ0n) is 14.5. The van der Waals surface area contributed by atoms with Gasteiger partial charge < -0.3 is 15.0 Å². The Balaban J connectivity index is 1.86. The first kappa shape index (κ1) is 17.7. The van der Waals surface area contributed by atoms with Gasteiger partial charge in [0.1, 0.15) is 11.4 Å². The van der Waals surface area contributed by atoms with Crippen LogP contribution in [0, 0.1) is 5.82 Å². The summed E-state index contributed by atoms with van der Waals surface area (Å²) >= 11 is 0. The minimum absolute atomic E-state index is 0.115. The summed E-state index contributed by atoms with van der Waals surface area (Å²) in [6.07, 6.45) is 1.37. The van der Waals surface area contributed by atoms with Gasteiger partial charge in [-0.25, -0.2) is 9.18 Å². The summed E-state index contributed by atoms with van der Waals surface area (Å²) in [5.74, 6) is -0.115. The lowest BCUT2D eigenvalue weighted by atomic mass is 10.1. The van der Waals surface area contributed by atoms with E-state index >= 15 is 0 Å². The number of rotatable bonds is 5. The molecule has 1 unspecified atom stereocenters. The molecule has 0 bridgehead atoms. The Bertz CT molecular complexity index is 554. The molecule has 0 heterocycles. The number of likely N-dealkylation sites (N-methyl/N-ethyl adjacent to an activating group) is 1. The van der Waals surface area contributed by atoms with E-state index in [0.29, 0.717) is 19.6 Å². The third kappa shape index (κ3) is 4.67. The van der Waals surface area contributed by atoms with Gasteiger partial charge in [0.05, 0.1) is 0 Å². The van der Waals surface area contributed by atoms with Crippen molar-refractivity contribution in [2.45, 2.75) is 52.2 Å². The lowest BCUT2D eigenvalue weighted by molar-refractivity contribution is 0.0261. The van der Waals surface area contributed by atoms with E-state index in [1.54, 1.807) is 11.0 Å². The van der Waals surface area contributed by atoms with Crippen molar-refractivity contribution in [3.63, 3.8) is 0 Å². The summed E-state index contributed by atoms with van der Waals surface area (Å²) in [6.45, 7) is 9.36. The molecule has 1 aliphatic rings. The molecule has 0 radical (unpaired) electrons. The monoisotopic (exact) mass is 322 g/mol. The van der Waals surface area contributed by atoms with E-state index < -0.39 is 5.60 Å². The molecule has 5 heteroatoms. The predicted octanol–water partition coefficient (Wildman–Crippen LogP) is 3.66. The number of benzene rings is 1. The zero-order valence-corrected chi connectivity index (χ0v) is 14.5. The highest BCUT2D eigenvalue weighted by molar-refractivity contribution is 5.68. The Labute approximate surface area is 138 Å². The molecule has 1 aliphatic carbocycles. The summed E-state index contributed by atoms with van der Waals surface area (Å²) in [5, 5.41) is 3.43. The van der Waals surface area contributed by atoms with Crippen LogP contribution < -0.4 is 5.32 Å². The van der Waals surface area contributed by atoms with Crippen LogP contribution in [0.1, 0.15) is 51.3 Å². The predicted molar refractivity (Wildman–Crippen MR) is 88.9 cm³/mol. The first-order valence-electron chi connectivity index (χ1n) is 8.30. The van der Waals surface area contributed by atoms with E-state index in [9.17, 15) is 9.18 Å². The molecule has 1 N–H and O–H groups in total. The van der Waals surface area contributed by atoms with Crippen LogP contribution in [0.5, 0.6) is 0 Å². The number of nitrogens with one attached hydrogen (secondary N) is 1. The van der Waals surface area contributed by atoms with Crippen molar-refractivity contribution in [3.8, 4) is 0 Å². The second-order valence-corrected chi connectivity index (χ2v) is 6.91. The first-order chi connectivity index (χ1) is 10.8. The van der Waals surface area contributed by atoms with Crippen molar-refractivity contribution in [2.75, 3.05) is 19.6 Å². The average molecular weight is 322 g/mol. The van der Waals surface area contributed by atoms with Crippen LogP contribution in [-0.4, -0.2) is 36.2 Å². The van der Waals surface area contributed by atoms with E-state index in [-0.39, 0.29) is 18.0 Å².